The van der Waals surface area contributed by atoms with Gasteiger partial charge in [0, 0.05) is 25.0 Å². The highest BCUT2D eigenvalue weighted by Gasteiger charge is 2.27. The lowest BCUT2D eigenvalue weighted by Crippen LogP contribution is -2.42. The Kier molecular flexibility index (Phi) is 3.92. The van der Waals surface area contributed by atoms with Crippen LogP contribution in [0.3, 0.4) is 0 Å². The van der Waals surface area contributed by atoms with Crippen LogP contribution in [0.15, 0.2) is 0 Å². The number of piperidine rings is 1. The topological polar surface area (TPSA) is 6.48 Å². The van der Waals surface area contributed by atoms with E-state index in [0.717, 1.165) is 12.5 Å². The molecule has 2 aliphatic rings. The fourth-order valence-corrected chi connectivity index (χ4v) is 3.11. The van der Waals surface area contributed by atoms with Crippen LogP contribution in [0, 0.1) is 11.8 Å². The Balaban J connectivity index is 1.75. The number of hydrogen-bond donors (Lipinski definition) is 0. The third-order valence-corrected chi connectivity index (χ3v) is 4.52. The number of likely N-dealkylation sites (tertiary alicyclic amines) is 2. The van der Waals surface area contributed by atoms with E-state index in [0.29, 0.717) is 11.3 Å². The van der Waals surface area contributed by atoms with Crippen LogP contribution in [0.25, 0.3) is 0 Å². The molecule has 0 radical (unpaired) electrons. The van der Waals surface area contributed by atoms with Gasteiger partial charge in [-0.25, -0.2) is 0 Å². The normalized spacial score (nSPS) is 39.8. The van der Waals surface area contributed by atoms with Gasteiger partial charge in [0.15, 0.2) is 0 Å². The first-order valence-electron chi connectivity index (χ1n) is 6.20. The molecule has 2 nitrogen and oxygen atoms in total. The second kappa shape index (κ2) is 5.03. The molecular weight excluding hydrogens is 208 g/mol. The molecule has 0 aromatic rings. The molecule has 0 bridgehead atoms. The molecule has 0 aromatic carbocycles. The first-order valence-corrected chi connectivity index (χ1v) is 6.63. The van der Waals surface area contributed by atoms with Gasteiger partial charge in [0.25, 0.3) is 0 Å². The largest absolute Gasteiger partial charge is 0.306 e. The van der Waals surface area contributed by atoms with E-state index in [1.54, 1.807) is 0 Å². The summed E-state index contributed by atoms with van der Waals surface area (Å²) in [7, 11) is 2.22. The minimum absolute atomic E-state index is 0.373. The molecule has 0 aliphatic carbocycles. The molecule has 3 unspecified atom stereocenters. The number of alkyl halides is 1. The van der Waals surface area contributed by atoms with E-state index in [-0.39, 0.29) is 0 Å². The van der Waals surface area contributed by atoms with E-state index in [2.05, 4.69) is 23.8 Å². The molecule has 3 atom stereocenters. The molecular formula is C12H23ClN2. The Morgan fingerprint density at radius 2 is 2.00 bits per heavy atom. The average Bonchev–Trinajstić information content (AvgIpc) is 2.58. The fraction of sp³-hybridized carbons (Fsp3) is 1.00. The van der Waals surface area contributed by atoms with Crippen LogP contribution in [0.5, 0.6) is 0 Å². The second-order valence-corrected chi connectivity index (χ2v) is 6.02. The minimum Gasteiger partial charge on any atom is -0.306 e. The molecule has 15 heavy (non-hydrogen) atoms. The predicted molar refractivity (Wildman–Crippen MR) is 65.5 cm³/mol. The summed E-state index contributed by atoms with van der Waals surface area (Å²) in [4.78, 5) is 5.01. The molecule has 2 saturated heterocycles. The summed E-state index contributed by atoms with van der Waals surface area (Å²) < 4.78 is 0. The molecule has 2 fully saturated rings. The van der Waals surface area contributed by atoms with Crippen LogP contribution in [0.4, 0.5) is 0 Å². The van der Waals surface area contributed by atoms with Crippen molar-refractivity contribution in [3.63, 3.8) is 0 Å². The van der Waals surface area contributed by atoms with E-state index >= 15 is 0 Å². The molecule has 88 valence electrons. The molecule has 0 spiro atoms. The Labute approximate surface area is 98.6 Å². The summed E-state index contributed by atoms with van der Waals surface area (Å²) in [6, 6.07) is 0. The van der Waals surface area contributed by atoms with Crippen LogP contribution < -0.4 is 0 Å². The summed E-state index contributed by atoms with van der Waals surface area (Å²) in [5, 5.41) is 0.373. The van der Waals surface area contributed by atoms with Crippen LogP contribution in [0.2, 0.25) is 0 Å². The maximum Gasteiger partial charge on any atom is 0.0489 e. The van der Waals surface area contributed by atoms with Gasteiger partial charge in [-0.3, -0.25) is 0 Å². The van der Waals surface area contributed by atoms with Gasteiger partial charge in [0.05, 0.1) is 0 Å². The van der Waals surface area contributed by atoms with Crippen molar-refractivity contribution in [2.45, 2.75) is 25.1 Å². The van der Waals surface area contributed by atoms with Gasteiger partial charge >= 0.3 is 0 Å². The van der Waals surface area contributed by atoms with Crippen LogP contribution in [-0.2, 0) is 0 Å². The molecule has 0 amide bonds. The average molecular weight is 231 g/mol. The lowest BCUT2D eigenvalue weighted by Gasteiger charge is -2.35. The zero-order chi connectivity index (χ0) is 10.8. The molecule has 0 saturated carbocycles. The number of halogens is 1. The summed E-state index contributed by atoms with van der Waals surface area (Å²) in [6.07, 6.45) is 2.65. The van der Waals surface area contributed by atoms with Gasteiger partial charge in [0.2, 0.25) is 0 Å². The number of rotatable bonds is 2. The van der Waals surface area contributed by atoms with Crippen LogP contribution in [-0.4, -0.2) is 54.9 Å². The van der Waals surface area contributed by atoms with E-state index in [1.165, 1.54) is 39.0 Å². The highest BCUT2D eigenvalue weighted by atomic mass is 35.5. The summed E-state index contributed by atoms with van der Waals surface area (Å²) in [6.45, 7) is 8.45. The van der Waals surface area contributed by atoms with Crippen molar-refractivity contribution in [3.05, 3.63) is 0 Å². The van der Waals surface area contributed by atoms with Crippen LogP contribution >= 0.6 is 11.6 Å². The predicted octanol–water partition coefficient (Wildman–Crippen LogP) is 1.89. The van der Waals surface area contributed by atoms with Crippen molar-refractivity contribution in [3.8, 4) is 0 Å². The quantitative estimate of drug-likeness (QED) is 0.669. The van der Waals surface area contributed by atoms with Gasteiger partial charge in [-0.05, 0) is 44.8 Å². The van der Waals surface area contributed by atoms with Gasteiger partial charge in [-0.15, -0.1) is 11.6 Å². The number of nitrogens with zero attached hydrogens (tertiary/aromatic N) is 2. The highest BCUT2D eigenvalue weighted by molar-refractivity contribution is 6.21. The SMILES string of the molecule is CC1CCN(CC2CCN(C)C2)CC1Cl. The van der Waals surface area contributed by atoms with Gasteiger partial charge < -0.3 is 9.80 Å². The van der Waals surface area contributed by atoms with Gasteiger partial charge in [-0.2, -0.15) is 0 Å². The van der Waals surface area contributed by atoms with E-state index in [1.807, 2.05) is 0 Å². The maximum atomic E-state index is 6.32. The van der Waals surface area contributed by atoms with E-state index in [9.17, 15) is 0 Å². The summed E-state index contributed by atoms with van der Waals surface area (Å²) in [5.41, 5.74) is 0. The molecule has 0 N–H and O–H groups in total. The first-order chi connectivity index (χ1) is 7.15. The van der Waals surface area contributed by atoms with Crippen molar-refractivity contribution < 1.29 is 0 Å². The van der Waals surface area contributed by atoms with Gasteiger partial charge in [-0.1, -0.05) is 6.92 Å². The van der Waals surface area contributed by atoms with Crippen molar-refractivity contribution in [2.75, 3.05) is 39.8 Å². The lowest BCUT2D eigenvalue weighted by molar-refractivity contribution is 0.171. The third-order valence-electron chi connectivity index (χ3n) is 3.96. The van der Waals surface area contributed by atoms with Crippen molar-refractivity contribution in [2.24, 2.45) is 11.8 Å². The fourth-order valence-electron chi connectivity index (χ4n) is 2.79. The molecule has 0 aromatic heterocycles. The monoisotopic (exact) mass is 230 g/mol. The zero-order valence-corrected chi connectivity index (χ0v) is 10.7. The van der Waals surface area contributed by atoms with E-state index in [4.69, 9.17) is 11.6 Å². The smallest absolute Gasteiger partial charge is 0.0489 e. The molecule has 2 rings (SSSR count). The van der Waals surface area contributed by atoms with Crippen molar-refractivity contribution in [1.82, 2.24) is 9.80 Å². The van der Waals surface area contributed by atoms with Crippen molar-refractivity contribution >= 4 is 11.6 Å². The highest BCUT2D eigenvalue weighted by Crippen LogP contribution is 2.24. The standard InChI is InChI=1S/C12H23ClN2/c1-10-3-6-15(9-12(10)13)8-11-4-5-14(2)7-11/h10-12H,3-9H2,1-2H3. The minimum atomic E-state index is 0.373. The molecule has 2 heterocycles. The maximum absolute atomic E-state index is 6.32. The third kappa shape index (κ3) is 3.08. The summed E-state index contributed by atoms with van der Waals surface area (Å²) in [5.74, 6) is 1.58. The van der Waals surface area contributed by atoms with Crippen LogP contribution in [0.1, 0.15) is 19.8 Å². The lowest BCUT2D eigenvalue weighted by atomic mass is 9.97. The molecule has 3 heteroatoms. The van der Waals surface area contributed by atoms with Gasteiger partial charge in [0.1, 0.15) is 0 Å². The zero-order valence-electron chi connectivity index (χ0n) is 9.95. The number of hydrogen-bond acceptors (Lipinski definition) is 2. The Bertz CT molecular complexity index is 210. The Morgan fingerprint density at radius 1 is 1.20 bits per heavy atom. The summed E-state index contributed by atoms with van der Waals surface area (Å²) >= 11 is 6.32. The van der Waals surface area contributed by atoms with E-state index < -0.39 is 0 Å². The second-order valence-electron chi connectivity index (χ2n) is 5.46. The van der Waals surface area contributed by atoms with Crippen molar-refractivity contribution in [1.29, 1.82) is 0 Å². The Morgan fingerprint density at radius 3 is 2.60 bits per heavy atom. The Hall–Kier alpha value is 0.210. The molecule has 2 aliphatic heterocycles. The first kappa shape index (κ1) is 11.7.